The van der Waals surface area contributed by atoms with Gasteiger partial charge in [0.05, 0.1) is 24.4 Å². The number of halogens is 2. The van der Waals surface area contributed by atoms with Crippen molar-refractivity contribution in [1.29, 1.82) is 0 Å². The second kappa shape index (κ2) is 12.6. The summed E-state index contributed by atoms with van der Waals surface area (Å²) in [5.41, 5.74) is 3.62. The second-order valence-corrected chi connectivity index (χ2v) is 12.1. The summed E-state index contributed by atoms with van der Waals surface area (Å²) >= 11 is 5.86. The van der Waals surface area contributed by atoms with Gasteiger partial charge < -0.3 is 20.3 Å². The molecule has 0 amide bonds. The largest absolute Gasteiger partial charge is 0.478 e. The maximum absolute atomic E-state index is 14.2. The molecule has 0 aromatic heterocycles. The van der Waals surface area contributed by atoms with Crippen molar-refractivity contribution < 1.29 is 24.1 Å². The lowest BCUT2D eigenvalue weighted by Gasteiger charge is -2.28. The van der Waals surface area contributed by atoms with Gasteiger partial charge in [0.2, 0.25) is 0 Å². The minimum absolute atomic E-state index is 0.110. The Morgan fingerprint density at radius 1 is 1.05 bits per heavy atom. The molecule has 0 spiro atoms. The van der Waals surface area contributed by atoms with Crippen molar-refractivity contribution >= 4 is 17.6 Å². The molecule has 0 aliphatic heterocycles. The highest BCUT2D eigenvalue weighted by Gasteiger charge is 2.24. The smallest absolute Gasteiger partial charge is 0.335 e. The lowest BCUT2D eigenvalue weighted by molar-refractivity contribution is -0.00398. The first-order chi connectivity index (χ1) is 18.2. The summed E-state index contributed by atoms with van der Waals surface area (Å²) in [5.74, 6) is -1.29. The summed E-state index contributed by atoms with van der Waals surface area (Å²) in [6.45, 7) is 12.2. The Hall–Kier alpha value is -2.77. The SMILES string of the molecule is C[C@@H](OC[C@H](O)CNC(C)(C)Cc1ccc(Cl)cc1F)c1ccccc1-c1ccc(C(=O)O)c(C(C)(C)C)c1. The summed E-state index contributed by atoms with van der Waals surface area (Å²) in [5, 5.41) is 24.0. The van der Waals surface area contributed by atoms with Gasteiger partial charge in [0.1, 0.15) is 5.82 Å². The van der Waals surface area contributed by atoms with Crippen LogP contribution >= 0.6 is 11.6 Å². The highest BCUT2D eigenvalue weighted by molar-refractivity contribution is 6.30. The summed E-state index contributed by atoms with van der Waals surface area (Å²) in [7, 11) is 0. The number of carboxylic acid groups (broad SMARTS) is 1. The minimum Gasteiger partial charge on any atom is -0.478 e. The van der Waals surface area contributed by atoms with Gasteiger partial charge in [-0.2, -0.15) is 0 Å². The number of aliphatic hydroxyl groups is 1. The van der Waals surface area contributed by atoms with E-state index in [9.17, 15) is 19.4 Å². The molecule has 210 valence electrons. The molecule has 3 rings (SSSR count). The molecule has 0 heterocycles. The minimum atomic E-state index is -0.944. The zero-order valence-electron chi connectivity index (χ0n) is 23.5. The monoisotopic (exact) mass is 555 g/mol. The molecule has 0 fully saturated rings. The number of carboxylic acids is 1. The average Bonchev–Trinajstić information content (AvgIpc) is 2.87. The number of aliphatic hydroxyl groups excluding tert-OH is 1. The quantitative estimate of drug-likeness (QED) is 0.233. The number of benzene rings is 3. The number of carbonyl (C=O) groups is 1. The van der Waals surface area contributed by atoms with E-state index in [1.807, 2.05) is 77.9 Å². The third kappa shape index (κ3) is 8.36. The fraction of sp³-hybridized carbons (Fsp3) is 0.406. The van der Waals surface area contributed by atoms with Crippen LogP contribution in [0.2, 0.25) is 5.02 Å². The molecule has 0 aliphatic rings. The number of hydrogen-bond donors (Lipinski definition) is 3. The van der Waals surface area contributed by atoms with E-state index in [0.717, 1.165) is 22.3 Å². The Bertz CT molecular complexity index is 1300. The Kier molecular flexibility index (Phi) is 9.94. The van der Waals surface area contributed by atoms with Gasteiger partial charge >= 0.3 is 5.97 Å². The lowest BCUT2D eigenvalue weighted by atomic mass is 9.81. The molecule has 7 heteroatoms. The first kappa shape index (κ1) is 30.8. The van der Waals surface area contributed by atoms with Gasteiger partial charge in [0, 0.05) is 17.1 Å². The fourth-order valence-electron chi connectivity index (χ4n) is 4.64. The maximum atomic E-state index is 14.2. The van der Waals surface area contributed by atoms with Crippen LogP contribution in [0.1, 0.15) is 74.7 Å². The van der Waals surface area contributed by atoms with Crippen molar-refractivity contribution in [3.05, 3.63) is 93.8 Å². The van der Waals surface area contributed by atoms with E-state index in [0.29, 0.717) is 22.6 Å². The van der Waals surface area contributed by atoms with E-state index in [1.165, 1.54) is 6.07 Å². The topological polar surface area (TPSA) is 78.8 Å². The normalized spacial score (nSPS) is 13.8. The van der Waals surface area contributed by atoms with Crippen molar-refractivity contribution in [3.8, 4) is 11.1 Å². The van der Waals surface area contributed by atoms with Crippen LogP contribution < -0.4 is 5.32 Å². The van der Waals surface area contributed by atoms with Gasteiger partial charge in [0.25, 0.3) is 0 Å². The molecule has 39 heavy (non-hydrogen) atoms. The van der Waals surface area contributed by atoms with Crippen LogP contribution in [0, 0.1) is 5.82 Å². The van der Waals surface area contributed by atoms with Crippen LogP contribution in [0.25, 0.3) is 11.1 Å². The van der Waals surface area contributed by atoms with Gasteiger partial charge in [-0.05, 0) is 84.7 Å². The number of rotatable bonds is 11. The summed E-state index contributed by atoms with van der Waals surface area (Å²) in [4.78, 5) is 11.8. The molecule has 3 aromatic rings. The maximum Gasteiger partial charge on any atom is 0.335 e. The van der Waals surface area contributed by atoms with E-state index >= 15 is 0 Å². The van der Waals surface area contributed by atoms with Crippen LogP contribution in [0.15, 0.2) is 60.7 Å². The van der Waals surface area contributed by atoms with Gasteiger partial charge in [-0.15, -0.1) is 0 Å². The lowest BCUT2D eigenvalue weighted by Crippen LogP contribution is -2.46. The second-order valence-electron chi connectivity index (χ2n) is 11.7. The molecule has 0 aliphatic carbocycles. The van der Waals surface area contributed by atoms with E-state index < -0.39 is 17.6 Å². The summed E-state index contributed by atoms with van der Waals surface area (Å²) in [6.07, 6.45) is -0.648. The molecule has 0 radical (unpaired) electrons. The molecule has 0 saturated carbocycles. The molecule has 0 bridgehead atoms. The molecule has 2 atom stereocenters. The summed E-state index contributed by atoms with van der Waals surface area (Å²) in [6, 6.07) is 17.9. The fourth-order valence-corrected chi connectivity index (χ4v) is 4.79. The zero-order valence-corrected chi connectivity index (χ0v) is 24.3. The Morgan fingerprint density at radius 3 is 2.38 bits per heavy atom. The standard InChI is InChI=1S/C32H39ClFNO4/c1-20(39-19-24(36)18-35-32(5,6)17-22-11-13-23(33)16-29(22)34)25-9-7-8-10-26(25)21-12-14-27(30(37)38)28(15-21)31(2,3)4/h7-16,20,24,35-36H,17-19H2,1-6H3,(H,37,38)/t20-,24-/m1/s1. The molecule has 0 unspecified atom stereocenters. The number of nitrogens with one attached hydrogen (secondary N) is 1. The summed E-state index contributed by atoms with van der Waals surface area (Å²) < 4.78 is 20.3. The van der Waals surface area contributed by atoms with E-state index in [4.69, 9.17) is 16.3 Å². The molecule has 3 aromatic carbocycles. The van der Waals surface area contributed by atoms with Crippen LogP contribution in [0.4, 0.5) is 4.39 Å². The number of β-amino-alcohol motifs (C(OH)–C–C–N with tert-alkyl or cyclic N) is 1. The van der Waals surface area contributed by atoms with Crippen molar-refractivity contribution in [2.45, 2.75) is 71.1 Å². The Labute approximate surface area is 236 Å². The van der Waals surface area contributed by atoms with E-state index in [-0.39, 0.29) is 30.5 Å². The van der Waals surface area contributed by atoms with Crippen molar-refractivity contribution in [1.82, 2.24) is 5.32 Å². The third-order valence-electron chi connectivity index (χ3n) is 6.77. The van der Waals surface area contributed by atoms with Gasteiger partial charge in [-0.25, -0.2) is 9.18 Å². The number of hydrogen-bond acceptors (Lipinski definition) is 4. The van der Waals surface area contributed by atoms with Crippen LogP contribution in [-0.4, -0.2) is 41.0 Å². The van der Waals surface area contributed by atoms with Crippen molar-refractivity contribution in [3.63, 3.8) is 0 Å². The Morgan fingerprint density at radius 2 is 1.74 bits per heavy atom. The predicted octanol–water partition coefficient (Wildman–Crippen LogP) is 7.19. The molecule has 3 N–H and O–H groups in total. The van der Waals surface area contributed by atoms with Crippen LogP contribution in [-0.2, 0) is 16.6 Å². The Balaban J connectivity index is 1.67. The van der Waals surface area contributed by atoms with Crippen molar-refractivity contribution in [2.75, 3.05) is 13.2 Å². The van der Waals surface area contributed by atoms with E-state index in [2.05, 4.69) is 5.32 Å². The molecular formula is C32H39ClFNO4. The first-order valence-electron chi connectivity index (χ1n) is 13.1. The molecule has 0 saturated heterocycles. The first-order valence-corrected chi connectivity index (χ1v) is 13.5. The van der Waals surface area contributed by atoms with Crippen LogP contribution in [0.5, 0.6) is 0 Å². The average molecular weight is 556 g/mol. The van der Waals surface area contributed by atoms with Gasteiger partial charge in [-0.1, -0.05) is 68.8 Å². The van der Waals surface area contributed by atoms with Gasteiger partial charge in [0.15, 0.2) is 0 Å². The highest BCUT2D eigenvalue weighted by Crippen LogP contribution is 2.35. The number of ether oxygens (including phenoxy) is 1. The van der Waals surface area contributed by atoms with Crippen molar-refractivity contribution in [2.24, 2.45) is 0 Å². The van der Waals surface area contributed by atoms with Gasteiger partial charge in [-0.3, -0.25) is 0 Å². The molecule has 5 nitrogen and oxygen atoms in total. The predicted molar refractivity (Wildman–Crippen MR) is 155 cm³/mol. The van der Waals surface area contributed by atoms with Crippen LogP contribution in [0.3, 0.4) is 0 Å². The molecular weight excluding hydrogens is 517 g/mol. The van der Waals surface area contributed by atoms with E-state index in [1.54, 1.807) is 18.2 Å². The third-order valence-corrected chi connectivity index (χ3v) is 7.01. The zero-order chi connectivity index (χ0) is 29.0. The highest BCUT2D eigenvalue weighted by atomic mass is 35.5. The number of aromatic carboxylic acids is 1.